The van der Waals surface area contributed by atoms with Crippen molar-refractivity contribution in [2.24, 2.45) is 0 Å². The predicted molar refractivity (Wildman–Crippen MR) is 78.3 cm³/mol. The van der Waals surface area contributed by atoms with Gasteiger partial charge in [-0.1, -0.05) is 6.42 Å². The van der Waals surface area contributed by atoms with E-state index in [2.05, 4.69) is 5.32 Å². The molecule has 2 rings (SSSR count). The molecule has 0 saturated carbocycles. The van der Waals surface area contributed by atoms with Crippen molar-refractivity contribution < 1.29 is 13.9 Å². The Morgan fingerprint density at radius 3 is 2.70 bits per heavy atom. The van der Waals surface area contributed by atoms with Gasteiger partial charge in [0, 0.05) is 24.1 Å². The average Bonchev–Trinajstić information content (AvgIpc) is 2.47. The number of benzene rings is 1. The summed E-state index contributed by atoms with van der Waals surface area (Å²) < 4.78 is 25.6. The molecule has 20 heavy (non-hydrogen) atoms. The molecule has 4 heteroatoms. The molecular formula is C16H24FNO2. The van der Waals surface area contributed by atoms with Gasteiger partial charge < -0.3 is 14.8 Å². The first-order valence-electron chi connectivity index (χ1n) is 7.21. The maximum absolute atomic E-state index is 15.1. The molecule has 0 bridgehead atoms. The lowest BCUT2D eigenvalue weighted by Crippen LogP contribution is -2.38. The van der Waals surface area contributed by atoms with Crippen molar-refractivity contribution in [1.82, 2.24) is 5.32 Å². The molecule has 1 aliphatic heterocycles. The molecule has 0 aliphatic carbocycles. The van der Waals surface area contributed by atoms with Gasteiger partial charge in [-0.2, -0.15) is 0 Å². The summed E-state index contributed by atoms with van der Waals surface area (Å²) in [6.45, 7) is 2.62. The van der Waals surface area contributed by atoms with Gasteiger partial charge in [-0.05, 0) is 38.4 Å². The third-order valence-electron chi connectivity index (χ3n) is 4.01. The molecule has 112 valence electrons. The maximum Gasteiger partial charge on any atom is 0.138 e. The fourth-order valence-corrected chi connectivity index (χ4v) is 2.90. The van der Waals surface area contributed by atoms with E-state index in [1.54, 1.807) is 39.3 Å². The van der Waals surface area contributed by atoms with E-state index in [1.807, 2.05) is 0 Å². The lowest BCUT2D eigenvalue weighted by Gasteiger charge is -2.31. The number of ether oxygens (including phenoxy) is 2. The molecule has 1 fully saturated rings. The Kier molecular flexibility index (Phi) is 4.86. The summed E-state index contributed by atoms with van der Waals surface area (Å²) >= 11 is 0. The Morgan fingerprint density at radius 1 is 1.30 bits per heavy atom. The topological polar surface area (TPSA) is 30.5 Å². The van der Waals surface area contributed by atoms with E-state index in [1.165, 1.54) is 12.8 Å². The van der Waals surface area contributed by atoms with E-state index < -0.39 is 5.67 Å². The normalized spacial score (nSPS) is 22.1. The first-order valence-corrected chi connectivity index (χ1v) is 7.21. The van der Waals surface area contributed by atoms with Gasteiger partial charge in [0.15, 0.2) is 0 Å². The summed E-state index contributed by atoms with van der Waals surface area (Å²) in [7, 11) is 3.16. The number of piperidine rings is 1. The lowest BCUT2D eigenvalue weighted by atomic mass is 9.87. The molecular weight excluding hydrogens is 257 g/mol. The van der Waals surface area contributed by atoms with Crippen molar-refractivity contribution >= 4 is 0 Å². The van der Waals surface area contributed by atoms with E-state index in [-0.39, 0.29) is 6.04 Å². The van der Waals surface area contributed by atoms with Crippen LogP contribution >= 0.6 is 0 Å². The van der Waals surface area contributed by atoms with Gasteiger partial charge in [0.05, 0.1) is 14.2 Å². The summed E-state index contributed by atoms with van der Waals surface area (Å²) in [5, 5.41) is 3.40. The molecule has 1 aliphatic rings. The molecule has 0 spiro atoms. The van der Waals surface area contributed by atoms with Crippen LogP contribution in [0.15, 0.2) is 18.2 Å². The third kappa shape index (κ3) is 3.42. The van der Waals surface area contributed by atoms with E-state index in [9.17, 15) is 0 Å². The van der Waals surface area contributed by atoms with Crippen LogP contribution in [0.1, 0.15) is 38.2 Å². The molecule has 2 unspecified atom stereocenters. The molecule has 1 saturated heterocycles. The van der Waals surface area contributed by atoms with E-state index >= 15 is 4.39 Å². The predicted octanol–water partition coefficient (Wildman–Crippen LogP) is 3.42. The summed E-state index contributed by atoms with van der Waals surface area (Å²) in [4.78, 5) is 0. The highest BCUT2D eigenvalue weighted by atomic mass is 19.1. The fourth-order valence-electron chi connectivity index (χ4n) is 2.90. The standard InChI is InChI=1S/C16H24FNO2/c1-16(17,11-12-6-4-5-9-18-12)14-8-7-13(19-2)10-15(14)20-3/h7-8,10,12,18H,4-6,9,11H2,1-3H3. The van der Waals surface area contributed by atoms with Crippen LogP contribution in [-0.4, -0.2) is 26.8 Å². The molecule has 0 aromatic heterocycles. The van der Waals surface area contributed by atoms with Crippen molar-refractivity contribution in [3.8, 4) is 11.5 Å². The SMILES string of the molecule is COc1ccc(C(C)(F)CC2CCCCN2)c(OC)c1. The first kappa shape index (κ1) is 15.1. The smallest absolute Gasteiger partial charge is 0.138 e. The number of hydrogen-bond acceptors (Lipinski definition) is 3. The second-order valence-corrected chi connectivity index (χ2v) is 5.61. The first-order chi connectivity index (χ1) is 9.56. The highest BCUT2D eigenvalue weighted by molar-refractivity contribution is 5.43. The van der Waals surface area contributed by atoms with E-state index in [0.29, 0.717) is 23.5 Å². The largest absolute Gasteiger partial charge is 0.497 e. The van der Waals surface area contributed by atoms with Crippen LogP contribution in [0.3, 0.4) is 0 Å². The molecule has 0 radical (unpaired) electrons. The number of methoxy groups -OCH3 is 2. The van der Waals surface area contributed by atoms with Crippen molar-refractivity contribution in [3.05, 3.63) is 23.8 Å². The molecule has 1 N–H and O–H groups in total. The lowest BCUT2D eigenvalue weighted by molar-refractivity contribution is 0.142. The molecule has 1 aromatic rings. The maximum atomic E-state index is 15.1. The Morgan fingerprint density at radius 2 is 2.10 bits per heavy atom. The zero-order valence-electron chi connectivity index (χ0n) is 12.5. The zero-order valence-corrected chi connectivity index (χ0v) is 12.5. The van der Waals surface area contributed by atoms with Crippen LogP contribution in [0.4, 0.5) is 4.39 Å². The minimum Gasteiger partial charge on any atom is -0.497 e. The highest BCUT2D eigenvalue weighted by Gasteiger charge is 2.33. The Labute approximate surface area is 120 Å². The second kappa shape index (κ2) is 6.44. The van der Waals surface area contributed by atoms with Crippen molar-refractivity contribution in [2.45, 2.75) is 44.3 Å². The molecule has 3 nitrogen and oxygen atoms in total. The average molecular weight is 281 g/mol. The molecule has 2 atom stereocenters. The fraction of sp³-hybridized carbons (Fsp3) is 0.625. The zero-order chi connectivity index (χ0) is 14.6. The summed E-state index contributed by atoms with van der Waals surface area (Å²) in [6, 6.07) is 5.52. The third-order valence-corrected chi connectivity index (χ3v) is 4.01. The number of halogens is 1. The summed E-state index contributed by atoms with van der Waals surface area (Å²) in [5.41, 5.74) is -0.819. The number of hydrogen-bond donors (Lipinski definition) is 1. The van der Waals surface area contributed by atoms with Gasteiger partial charge >= 0.3 is 0 Å². The highest BCUT2D eigenvalue weighted by Crippen LogP contribution is 2.39. The van der Waals surface area contributed by atoms with Crippen LogP contribution < -0.4 is 14.8 Å². The van der Waals surface area contributed by atoms with Crippen LogP contribution in [0.5, 0.6) is 11.5 Å². The van der Waals surface area contributed by atoms with Gasteiger partial charge in [-0.3, -0.25) is 0 Å². The van der Waals surface area contributed by atoms with Gasteiger partial charge in [-0.25, -0.2) is 4.39 Å². The van der Waals surface area contributed by atoms with Gasteiger partial charge in [0.1, 0.15) is 17.2 Å². The van der Waals surface area contributed by atoms with E-state index in [0.717, 1.165) is 13.0 Å². The quantitative estimate of drug-likeness (QED) is 0.897. The monoisotopic (exact) mass is 281 g/mol. The van der Waals surface area contributed by atoms with Crippen LogP contribution in [0, 0.1) is 0 Å². The minimum atomic E-state index is -1.41. The van der Waals surface area contributed by atoms with E-state index in [4.69, 9.17) is 9.47 Å². The minimum absolute atomic E-state index is 0.241. The number of rotatable bonds is 5. The van der Waals surface area contributed by atoms with Crippen molar-refractivity contribution in [3.63, 3.8) is 0 Å². The van der Waals surface area contributed by atoms with Crippen molar-refractivity contribution in [1.29, 1.82) is 0 Å². The molecule has 1 aromatic carbocycles. The van der Waals surface area contributed by atoms with Crippen LogP contribution in [-0.2, 0) is 5.67 Å². The van der Waals surface area contributed by atoms with Gasteiger partial charge in [0.2, 0.25) is 0 Å². The number of alkyl halides is 1. The van der Waals surface area contributed by atoms with Gasteiger partial charge in [0.25, 0.3) is 0 Å². The Hall–Kier alpha value is -1.29. The van der Waals surface area contributed by atoms with Gasteiger partial charge in [-0.15, -0.1) is 0 Å². The van der Waals surface area contributed by atoms with Crippen molar-refractivity contribution in [2.75, 3.05) is 20.8 Å². The second-order valence-electron chi connectivity index (χ2n) is 5.61. The summed E-state index contributed by atoms with van der Waals surface area (Å²) in [5.74, 6) is 1.22. The molecule has 0 amide bonds. The number of nitrogens with one attached hydrogen (secondary N) is 1. The van der Waals surface area contributed by atoms with Crippen LogP contribution in [0.2, 0.25) is 0 Å². The Balaban J connectivity index is 2.18. The van der Waals surface area contributed by atoms with Crippen LogP contribution in [0.25, 0.3) is 0 Å². The summed E-state index contributed by atoms with van der Waals surface area (Å²) in [6.07, 6.45) is 3.87. The molecule has 1 heterocycles. The Bertz CT molecular complexity index is 442.